The van der Waals surface area contributed by atoms with E-state index in [0.717, 1.165) is 17.7 Å². The molecule has 2 heterocycles. The SMILES string of the molecule is O=C(NCCn1cc(Cl)cn1)c1cc(COc2ccc(F)cc2F)cs1. The Bertz CT molecular complexity index is 913. The highest BCUT2D eigenvalue weighted by Crippen LogP contribution is 2.21. The average Bonchev–Trinajstić information content (AvgIpc) is 3.23. The maximum Gasteiger partial charge on any atom is 0.261 e. The van der Waals surface area contributed by atoms with E-state index in [1.165, 1.54) is 23.6 Å². The third-order valence-corrected chi connectivity index (χ3v) is 4.57. The molecule has 5 nitrogen and oxygen atoms in total. The van der Waals surface area contributed by atoms with Crippen molar-refractivity contribution < 1.29 is 18.3 Å². The van der Waals surface area contributed by atoms with Gasteiger partial charge in [-0.15, -0.1) is 11.3 Å². The van der Waals surface area contributed by atoms with Crippen LogP contribution in [0.1, 0.15) is 15.2 Å². The van der Waals surface area contributed by atoms with Gasteiger partial charge in [0, 0.05) is 24.4 Å². The fraction of sp³-hybridized carbons (Fsp3) is 0.176. The third-order valence-electron chi connectivity index (χ3n) is 3.39. The van der Waals surface area contributed by atoms with E-state index in [9.17, 15) is 13.6 Å². The molecule has 136 valence electrons. The molecule has 0 fully saturated rings. The number of nitrogens with zero attached hydrogens (tertiary/aromatic N) is 2. The van der Waals surface area contributed by atoms with E-state index in [1.807, 2.05) is 0 Å². The summed E-state index contributed by atoms with van der Waals surface area (Å²) in [6.45, 7) is 0.989. The van der Waals surface area contributed by atoms with Crippen molar-refractivity contribution >= 4 is 28.8 Å². The Hall–Kier alpha value is -2.45. The summed E-state index contributed by atoms with van der Waals surface area (Å²) in [5, 5.41) is 9.10. The van der Waals surface area contributed by atoms with Gasteiger partial charge in [0.2, 0.25) is 0 Å². The molecular formula is C17H14ClF2N3O2S. The predicted octanol–water partition coefficient (Wildman–Crippen LogP) is 3.89. The number of thiophene rings is 1. The molecule has 0 atom stereocenters. The molecule has 0 spiro atoms. The zero-order valence-electron chi connectivity index (χ0n) is 13.4. The Morgan fingerprint density at radius 1 is 1.35 bits per heavy atom. The van der Waals surface area contributed by atoms with E-state index in [4.69, 9.17) is 16.3 Å². The highest BCUT2D eigenvalue weighted by atomic mass is 35.5. The molecule has 3 aromatic rings. The lowest BCUT2D eigenvalue weighted by Gasteiger charge is -2.06. The van der Waals surface area contributed by atoms with Crippen molar-refractivity contribution in [3.8, 4) is 5.75 Å². The number of hydrogen-bond acceptors (Lipinski definition) is 4. The van der Waals surface area contributed by atoms with E-state index >= 15 is 0 Å². The Labute approximate surface area is 157 Å². The number of carbonyl (C=O) groups is 1. The monoisotopic (exact) mass is 397 g/mol. The minimum atomic E-state index is -0.767. The topological polar surface area (TPSA) is 56.2 Å². The van der Waals surface area contributed by atoms with E-state index in [2.05, 4.69) is 10.4 Å². The maximum absolute atomic E-state index is 13.5. The van der Waals surface area contributed by atoms with Gasteiger partial charge in [0.05, 0.1) is 22.6 Å². The van der Waals surface area contributed by atoms with Crippen molar-refractivity contribution in [1.82, 2.24) is 15.1 Å². The molecule has 0 bridgehead atoms. The number of halogens is 3. The molecule has 0 unspecified atom stereocenters. The second-order valence-electron chi connectivity index (χ2n) is 5.36. The molecule has 0 aliphatic rings. The first kappa shape index (κ1) is 18.3. The number of ether oxygens (including phenoxy) is 1. The number of aromatic nitrogens is 2. The van der Waals surface area contributed by atoms with Crippen LogP contribution >= 0.6 is 22.9 Å². The van der Waals surface area contributed by atoms with Crippen molar-refractivity contribution in [1.29, 1.82) is 0 Å². The van der Waals surface area contributed by atoms with Crippen LogP contribution < -0.4 is 10.1 Å². The fourth-order valence-corrected chi connectivity index (χ4v) is 3.12. The standard InChI is InChI=1S/C17H14ClF2N3O2S/c18-12-7-22-23(8-12)4-3-21-17(24)16-5-11(10-26-16)9-25-15-2-1-13(19)6-14(15)20/h1-2,5-8,10H,3-4,9H2,(H,21,24). The summed E-state index contributed by atoms with van der Waals surface area (Å²) in [5.41, 5.74) is 0.725. The van der Waals surface area contributed by atoms with Gasteiger partial charge < -0.3 is 10.1 Å². The van der Waals surface area contributed by atoms with Gasteiger partial charge in [0.1, 0.15) is 12.4 Å². The summed E-state index contributed by atoms with van der Waals surface area (Å²) in [4.78, 5) is 12.6. The van der Waals surface area contributed by atoms with Crippen molar-refractivity contribution in [2.45, 2.75) is 13.2 Å². The van der Waals surface area contributed by atoms with Gasteiger partial charge in [-0.25, -0.2) is 8.78 Å². The summed E-state index contributed by atoms with van der Waals surface area (Å²) in [7, 11) is 0. The van der Waals surface area contributed by atoms with E-state index in [0.29, 0.717) is 23.0 Å². The second-order valence-corrected chi connectivity index (χ2v) is 6.71. The predicted molar refractivity (Wildman–Crippen MR) is 94.6 cm³/mol. The Kier molecular flexibility index (Phi) is 5.85. The normalized spacial score (nSPS) is 10.7. The quantitative estimate of drug-likeness (QED) is 0.658. The summed E-state index contributed by atoms with van der Waals surface area (Å²) in [5.74, 6) is -1.69. The Morgan fingerprint density at radius 3 is 2.92 bits per heavy atom. The Morgan fingerprint density at radius 2 is 2.19 bits per heavy atom. The molecule has 1 amide bonds. The molecule has 9 heteroatoms. The first-order valence-electron chi connectivity index (χ1n) is 7.62. The molecule has 2 aromatic heterocycles. The number of nitrogens with one attached hydrogen (secondary N) is 1. The fourth-order valence-electron chi connectivity index (χ4n) is 2.16. The largest absolute Gasteiger partial charge is 0.486 e. The summed E-state index contributed by atoms with van der Waals surface area (Å²) < 4.78 is 33.3. The highest BCUT2D eigenvalue weighted by Gasteiger charge is 2.10. The lowest BCUT2D eigenvalue weighted by molar-refractivity contribution is 0.0956. The van der Waals surface area contributed by atoms with Crippen molar-refractivity contribution in [2.24, 2.45) is 0 Å². The van der Waals surface area contributed by atoms with Crippen LogP contribution in [-0.4, -0.2) is 22.2 Å². The molecule has 0 radical (unpaired) electrons. The van der Waals surface area contributed by atoms with Crippen LogP contribution in [0.15, 0.2) is 42.0 Å². The van der Waals surface area contributed by atoms with Crippen molar-refractivity contribution in [3.63, 3.8) is 0 Å². The molecule has 1 N–H and O–H groups in total. The minimum Gasteiger partial charge on any atom is -0.486 e. The van der Waals surface area contributed by atoms with Gasteiger partial charge in [-0.2, -0.15) is 5.10 Å². The molecule has 0 saturated carbocycles. The van der Waals surface area contributed by atoms with Crippen LogP contribution in [0.2, 0.25) is 5.02 Å². The van der Waals surface area contributed by atoms with Gasteiger partial charge in [0.15, 0.2) is 11.6 Å². The molecule has 0 aliphatic carbocycles. The van der Waals surface area contributed by atoms with Crippen molar-refractivity contribution in [3.05, 3.63) is 69.1 Å². The van der Waals surface area contributed by atoms with Crippen LogP contribution in [0, 0.1) is 11.6 Å². The smallest absolute Gasteiger partial charge is 0.261 e. The lowest BCUT2D eigenvalue weighted by atomic mass is 10.3. The summed E-state index contributed by atoms with van der Waals surface area (Å²) in [6, 6.07) is 4.78. The van der Waals surface area contributed by atoms with Gasteiger partial charge >= 0.3 is 0 Å². The third kappa shape index (κ3) is 4.80. The molecule has 0 saturated heterocycles. The van der Waals surface area contributed by atoms with Crippen LogP contribution in [0.3, 0.4) is 0 Å². The summed E-state index contributed by atoms with van der Waals surface area (Å²) in [6.07, 6.45) is 3.20. The molecular weight excluding hydrogens is 384 g/mol. The van der Waals surface area contributed by atoms with E-state index in [1.54, 1.807) is 22.3 Å². The number of rotatable bonds is 7. The average molecular weight is 398 g/mol. The second kappa shape index (κ2) is 8.29. The van der Waals surface area contributed by atoms with Gasteiger partial charge in [0.25, 0.3) is 5.91 Å². The van der Waals surface area contributed by atoms with Gasteiger partial charge in [-0.1, -0.05) is 11.6 Å². The van der Waals surface area contributed by atoms with Crippen LogP contribution in [-0.2, 0) is 13.2 Å². The molecule has 0 aliphatic heterocycles. The molecule has 1 aromatic carbocycles. The number of amides is 1. The minimum absolute atomic E-state index is 0.0403. The molecule has 26 heavy (non-hydrogen) atoms. The van der Waals surface area contributed by atoms with Crippen LogP contribution in [0.4, 0.5) is 8.78 Å². The maximum atomic E-state index is 13.5. The Balaban J connectivity index is 1.49. The zero-order chi connectivity index (χ0) is 18.5. The number of benzene rings is 1. The van der Waals surface area contributed by atoms with E-state index < -0.39 is 11.6 Å². The first-order chi connectivity index (χ1) is 12.5. The zero-order valence-corrected chi connectivity index (χ0v) is 15.0. The van der Waals surface area contributed by atoms with E-state index in [-0.39, 0.29) is 18.3 Å². The highest BCUT2D eigenvalue weighted by molar-refractivity contribution is 7.12. The van der Waals surface area contributed by atoms with Crippen LogP contribution in [0.5, 0.6) is 5.75 Å². The summed E-state index contributed by atoms with van der Waals surface area (Å²) >= 11 is 7.03. The molecule has 3 rings (SSSR count). The van der Waals surface area contributed by atoms with Gasteiger partial charge in [-0.05, 0) is 23.6 Å². The van der Waals surface area contributed by atoms with Crippen molar-refractivity contribution in [2.75, 3.05) is 6.54 Å². The lowest BCUT2D eigenvalue weighted by Crippen LogP contribution is -2.26. The van der Waals surface area contributed by atoms with Gasteiger partial charge in [-0.3, -0.25) is 9.48 Å². The van der Waals surface area contributed by atoms with Crippen LogP contribution in [0.25, 0.3) is 0 Å². The number of hydrogen-bond donors (Lipinski definition) is 1. The number of carbonyl (C=O) groups excluding carboxylic acids is 1. The first-order valence-corrected chi connectivity index (χ1v) is 8.88.